The van der Waals surface area contributed by atoms with E-state index in [4.69, 9.17) is 4.74 Å². The van der Waals surface area contributed by atoms with Crippen molar-refractivity contribution in [1.82, 2.24) is 10.3 Å². The van der Waals surface area contributed by atoms with Crippen molar-refractivity contribution in [3.63, 3.8) is 0 Å². The molecule has 2 fully saturated rings. The summed E-state index contributed by atoms with van der Waals surface area (Å²) in [6.45, 7) is 2.97. The maximum Gasteiger partial charge on any atom is 0.0783 e. The zero-order chi connectivity index (χ0) is 14.0. The second-order valence-corrected chi connectivity index (χ2v) is 7.19. The SMILES string of the molecule is CNC(c1ccnc(C)c1)C1CCOC2(CCSC2)C1. The third kappa shape index (κ3) is 2.87. The number of nitrogens with one attached hydrogen (secondary N) is 1. The third-order valence-corrected chi connectivity index (χ3v) is 5.88. The van der Waals surface area contributed by atoms with Crippen LogP contribution in [0.5, 0.6) is 0 Å². The molecular formula is C16H24N2OS. The lowest BCUT2D eigenvalue weighted by molar-refractivity contribution is -0.0850. The van der Waals surface area contributed by atoms with E-state index in [2.05, 4.69) is 36.4 Å². The molecule has 2 aliphatic heterocycles. The van der Waals surface area contributed by atoms with E-state index in [9.17, 15) is 0 Å². The highest BCUT2D eigenvalue weighted by Gasteiger charge is 2.42. The van der Waals surface area contributed by atoms with E-state index >= 15 is 0 Å². The molecule has 3 atom stereocenters. The number of hydrogen-bond acceptors (Lipinski definition) is 4. The first-order valence-electron chi connectivity index (χ1n) is 7.54. The summed E-state index contributed by atoms with van der Waals surface area (Å²) in [6.07, 6.45) is 5.49. The lowest BCUT2D eigenvalue weighted by atomic mass is 9.79. The van der Waals surface area contributed by atoms with Crippen molar-refractivity contribution < 1.29 is 4.74 Å². The molecule has 0 bridgehead atoms. The molecule has 1 aromatic heterocycles. The minimum atomic E-state index is 0.157. The Balaban J connectivity index is 1.78. The average molecular weight is 292 g/mol. The van der Waals surface area contributed by atoms with Crippen LogP contribution in [0.25, 0.3) is 0 Å². The quantitative estimate of drug-likeness (QED) is 0.929. The van der Waals surface area contributed by atoms with Crippen LogP contribution in [0, 0.1) is 12.8 Å². The Morgan fingerprint density at radius 1 is 1.55 bits per heavy atom. The van der Waals surface area contributed by atoms with Crippen LogP contribution in [0.3, 0.4) is 0 Å². The van der Waals surface area contributed by atoms with Gasteiger partial charge in [0.2, 0.25) is 0 Å². The Labute approximate surface area is 125 Å². The number of aromatic nitrogens is 1. The fraction of sp³-hybridized carbons (Fsp3) is 0.688. The number of hydrogen-bond donors (Lipinski definition) is 1. The lowest BCUT2D eigenvalue weighted by Crippen LogP contribution is -2.43. The van der Waals surface area contributed by atoms with Crippen LogP contribution in [0.15, 0.2) is 18.3 Å². The molecule has 1 N–H and O–H groups in total. The number of nitrogens with zero attached hydrogens (tertiary/aromatic N) is 1. The summed E-state index contributed by atoms with van der Waals surface area (Å²) in [5, 5.41) is 3.53. The van der Waals surface area contributed by atoms with Gasteiger partial charge < -0.3 is 10.1 Å². The second-order valence-electron chi connectivity index (χ2n) is 6.08. The fourth-order valence-corrected chi connectivity index (χ4v) is 5.03. The molecule has 2 aliphatic rings. The Morgan fingerprint density at radius 2 is 2.45 bits per heavy atom. The molecule has 0 radical (unpaired) electrons. The Bertz CT molecular complexity index is 460. The van der Waals surface area contributed by atoms with Gasteiger partial charge in [-0.15, -0.1) is 0 Å². The standard InChI is InChI=1S/C16H24N2OS/c1-12-9-13(3-6-18-12)15(17-2)14-4-7-19-16(10-14)5-8-20-11-16/h3,6,9,14-15,17H,4-5,7-8,10-11H2,1-2H3. The van der Waals surface area contributed by atoms with Crippen LogP contribution < -0.4 is 5.32 Å². The largest absolute Gasteiger partial charge is 0.374 e. The highest BCUT2D eigenvalue weighted by atomic mass is 32.2. The van der Waals surface area contributed by atoms with E-state index < -0.39 is 0 Å². The van der Waals surface area contributed by atoms with Gasteiger partial charge in [-0.2, -0.15) is 11.8 Å². The summed E-state index contributed by atoms with van der Waals surface area (Å²) in [5.74, 6) is 3.09. The maximum absolute atomic E-state index is 6.15. The number of thioether (sulfide) groups is 1. The van der Waals surface area contributed by atoms with Gasteiger partial charge in [-0.05, 0) is 62.6 Å². The molecule has 1 spiro atoms. The summed E-state index contributed by atoms with van der Waals surface area (Å²) >= 11 is 2.04. The molecule has 20 heavy (non-hydrogen) atoms. The van der Waals surface area contributed by atoms with Gasteiger partial charge in [-0.25, -0.2) is 0 Å². The van der Waals surface area contributed by atoms with Gasteiger partial charge in [0, 0.05) is 30.3 Å². The number of pyridine rings is 1. The van der Waals surface area contributed by atoms with Crippen LogP contribution in [-0.4, -0.2) is 35.7 Å². The summed E-state index contributed by atoms with van der Waals surface area (Å²) in [7, 11) is 2.08. The number of aryl methyl sites for hydroxylation is 1. The first kappa shape index (κ1) is 14.4. The van der Waals surface area contributed by atoms with Gasteiger partial charge in [0.25, 0.3) is 0 Å². The monoisotopic (exact) mass is 292 g/mol. The molecule has 3 heterocycles. The van der Waals surface area contributed by atoms with Crippen molar-refractivity contribution in [3.8, 4) is 0 Å². The topological polar surface area (TPSA) is 34.2 Å². The molecule has 1 aromatic rings. The summed E-state index contributed by atoms with van der Waals surface area (Å²) in [6, 6.07) is 4.79. The normalized spacial score (nSPS) is 31.6. The first-order valence-corrected chi connectivity index (χ1v) is 8.69. The van der Waals surface area contributed by atoms with Crippen LogP contribution in [-0.2, 0) is 4.74 Å². The van der Waals surface area contributed by atoms with E-state index in [-0.39, 0.29) is 5.60 Å². The molecule has 4 heteroatoms. The maximum atomic E-state index is 6.15. The molecule has 0 aromatic carbocycles. The van der Waals surface area contributed by atoms with E-state index in [1.54, 1.807) is 0 Å². The van der Waals surface area contributed by atoms with E-state index in [0.29, 0.717) is 12.0 Å². The Hall–Kier alpha value is -0.580. The van der Waals surface area contributed by atoms with Crippen molar-refractivity contribution in [2.24, 2.45) is 5.92 Å². The molecule has 110 valence electrons. The zero-order valence-electron chi connectivity index (χ0n) is 12.4. The highest BCUT2D eigenvalue weighted by molar-refractivity contribution is 7.99. The van der Waals surface area contributed by atoms with E-state index in [1.807, 2.05) is 18.0 Å². The molecule has 0 amide bonds. The van der Waals surface area contributed by atoms with Gasteiger partial charge in [0.05, 0.1) is 5.60 Å². The van der Waals surface area contributed by atoms with E-state index in [1.165, 1.54) is 29.9 Å². The fourth-order valence-electron chi connectivity index (χ4n) is 3.65. The minimum Gasteiger partial charge on any atom is -0.374 e. The first-order chi connectivity index (χ1) is 9.72. The van der Waals surface area contributed by atoms with Crippen molar-refractivity contribution >= 4 is 11.8 Å². The molecule has 3 unspecified atom stereocenters. The second kappa shape index (κ2) is 6.04. The highest BCUT2D eigenvalue weighted by Crippen LogP contribution is 2.43. The van der Waals surface area contributed by atoms with Crippen LogP contribution in [0.2, 0.25) is 0 Å². The summed E-state index contributed by atoms with van der Waals surface area (Å²) in [4.78, 5) is 4.32. The molecule has 3 rings (SSSR count). The zero-order valence-corrected chi connectivity index (χ0v) is 13.2. The summed E-state index contributed by atoms with van der Waals surface area (Å²) < 4.78 is 6.15. The smallest absolute Gasteiger partial charge is 0.0783 e. The van der Waals surface area contributed by atoms with Gasteiger partial charge in [-0.3, -0.25) is 4.98 Å². The lowest BCUT2D eigenvalue weighted by Gasteiger charge is -2.41. The van der Waals surface area contributed by atoms with Crippen LogP contribution >= 0.6 is 11.8 Å². The predicted octanol–water partition coefficient (Wildman–Crippen LogP) is 2.95. The van der Waals surface area contributed by atoms with E-state index in [0.717, 1.165) is 18.7 Å². The van der Waals surface area contributed by atoms with Crippen molar-refractivity contribution in [1.29, 1.82) is 0 Å². The average Bonchev–Trinajstić information content (AvgIpc) is 2.88. The Morgan fingerprint density at radius 3 is 3.15 bits per heavy atom. The van der Waals surface area contributed by atoms with Crippen LogP contribution in [0.1, 0.15) is 36.6 Å². The van der Waals surface area contributed by atoms with Gasteiger partial charge >= 0.3 is 0 Å². The molecular weight excluding hydrogens is 268 g/mol. The Kier molecular flexibility index (Phi) is 4.34. The number of rotatable bonds is 3. The minimum absolute atomic E-state index is 0.157. The van der Waals surface area contributed by atoms with Gasteiger partial charge in [0.15, 0.2) is 0 Å². The third-order valence-electron chi connectivity index (χ3n) is 4.66. The molecule has 0 aliphatic carbocycles. The molecule has 3 nitrogen and oxygen atoms in total. The van der Waals surface area contributed by atoms with Gasteiger partial charge in [0.1, 0.15) is 0 Å². The van der Waals surface area contributed by atoms with Crippen LogP contribution in [0.4, 0.5) is 0 Å². The van der Waals surface area contributed by atoms with Crippen molar-refractivity contribution in [3.05, 3.63) is 29.6 Å². The molecule has 2 saturated heterocycles. The van der Waals surface area contributed by atoms with Gasteiger partial charge in [-0.1, -0.05) is 0 Å². The predicted molar refractivity (Wildman–Crippen MR) is 84.1 cm³/mol. The summed E-state index contributed by atoms with van der Waals surface area (Å²) in [5.41, 5.74) is 2.62. The van der Waals surface area contributed by atoms with Crippen molar-refractivity contribution in [2.75, 3.05) is 25.2 Å². The number of ether oxygens (including phenoxy) is 1. The van der Waals surface area contributed by atoms with Crippen molar-refractivity contribution in [2.45, 2.75) is 37.8 Å². The molecule has 0 saturated carbocycles.